The molecule has 0 unspecified atom stereocenters. The molecule has 1 aliphatic rings. The van der Waals surface area contributed by atoms with Gasteiger partial charge in [0.05, 0.1) is 25.4 Å². The molecule has 0 atom stereocenters. The van der Waals surface area contributed by atoms with Crippen molar-refractivity contribution in [2.75, 3.05) is 25.1 Å². The summed E-state index contributed by atoms with van der Waals surface area (Å²) < 4.78 is 8.32. The van der Waals surface area contributed by atoms with Gasteiger partial charge in [0.2, 0.25) is 5.95 Å². The zero-order valence-corrected chi connectivity index (χ0v) is 17.8. The van der Waals surface area contributed by atoms with E-state index in [0.29, 0.717) is 28.9 Å². The summed E-state index contributed by atoms with van der Waals surface area (Å²) in [6.45, 7) is 3.75. The molecule has 0 aliphatic carbocycles. The maximum atomic E-state index is 13.3. The number of para-hydroxylation sites is 1. The largest absolute Gasteiger partial charge is 0.496 e. The molecule has 0 spiro atoms. The first kappa shape index (κ1) is 20.7. The van der Waals surface area contributed by atoms with E-state index in [4.69, 9.17) is 9.72 Å². The highest BCUT2D eigenvalue weighted by atomic mass is 16.5. The molecule has 8 nitrogen and oxygen atoms in total. The van der Waals surface area contributed by atoms with E-state index in [1.165, 1.54) is 18.2 Å². The predicted molar refractivity (Wildman–Crippen MR) is 119 cm³/mol. The molecule has 8 heteroatoms. The third-order valence-electron chi connectivity index (χ3n) is 5.48. The third-order valence-corrected chi connectivity index (χ3v) is 5.48. The fraction of sp³-hybridized carbons (Fsp3) is 0.391. The molecular formula is C23H25N5O3. The number of imidazole rings is 1. The molecule has 2 aromatic heterocycles. The van der Waals surface area contributed by atoms with E-state index < -0.39 is 0 Å². The Balaban J connectivity index is 1.76. The highest BCUT2D eigenvalue weighted by Crippen LogP contribution is 2.23. The molecule has 1 fully saturated rings. The van der Waals surface area contributed by atoms with Gasteiger partial charge in [0.1, 0.15) is 23.3 Å². The van der Waals surface area contributed by atoms with Crippen LogP contribution in [0.3, 0.4) is 0 Å². The first-order valence-corrected chi connectivity index (χ1v) is 10.4. The second-order valence-electron chi connectivity index (χ2n) is 7.44. The molecule has 31 heavy (non-hydrogen) atoms. The van der Waals surface area contributed by atoms with Crippen molar-refractivity contribution in [2.24, 2.45) is 0 Å². The normalized spacial score (nSPS) is 13.7. The van der Waals surface area contributed by atoms with E-state index in [1.807, 2.05) is 4.57 Å². The van der Waals surface area contributed by atoms with Gasteiger partial charge in [-0.05, 0) is 38.3 Å². The number of anilines is 1. The monoisotopic (exact) mass is 419 g/mol. The molecule has 0 radical (unpaired) electrons. The molecule has 0 N–H and O–H groups in total. The fourth-order valence-corrected chi connectivity index (χ4v) is 3.93. The van der Waals surface area contributed by atoms with Gasteiger partial charge < -0.3 is 9.64 Å². The molecule has 3 heterocycles. The van der Waals surface area contributed by atoms with Crippen LogP contribution in [0.25, 0.3) is 11.0 Å². The van der Waals surface area contributed by atoms with Crippen LogP contribution < -0.4 is 15.2 Å². The van der Waals surface area contributed by atoms with Crippen LogP contribution in [0, 0.1) is 11.8 Å². The summed E-state index contributed by atoms with van der Waals surface area (Å²) in [5, 5.41) is 4.22. The number of aromatic nitrogens is 4. The topological polar surface area (TPSA) is 82.2 Å². The number of piperidine rings is 1. The second kappa shape index (κ2) is 9.04. The van der Waals surface area contributed by atoms with Gasteiger partial charge in [-0.1, -0.05) is 18.1 Å². The highest BCUT2D eigenvalue weighted by molar-refractivity contribution is 5.98. The van der Waals surface area contributed by atoms with E-state index in [1.54, 1.807) is 37.4 Å². The van der Waals surface area contributed by atoms with Crippen molar-refractivity contribution in [1.29, 1.82) is 0 Å². The van der Waals surface area contributed by atoms with Gasteiger partial charge in [0.15, 0.2) is 5.78 Å². The smallest absolute Gasteiger partial charge is 0.293 e. The fourth-order valence-electron chi connectivity index (χ4n) is 3.93. The number of benzene rings is 1. The van der Waals surface area contributed by atoms with E-state index in [0.717, 1.165) is 31.9 Å². The number of ether oxygens (including phenoxy) is 1. The first-order valence-electron chi connectivity index (χ1n) is 10.4. The lowest BCUT2D eigenvalue weighted by molar-refractivity contribution is 0.0963. The number of carbonyl (C=O) groups is 1. The van der Waals surface area contributed by atoms with Gasteiger partial charge in [-0.25, -0.2) is 9.67 Å². The molecule has 1 aliphatic heterocycles. The van der Waals surface area contributed by atoms with Crippen LogP contribution in [0.1, 0.15) is 36.5 Å². The van der Waals surface area contributed by atoms with E-state index in [9.17, 15) is 9.59 Å². The summed E-state index contributed by atoms with van der Waals surface area (Å²) in [5.74, 6) is 6.90. The summed E-state index contributed by atoms with van der Waals surface area (Å²) in [5.41, 5.74) is 1.00. The number of ketones is 1. The van der Waals surface area contributed by atoms with Crippen molar-refractivity contribution in [1.82, 2.24) is 19.3 Å². The summed E-state index contributed by atoms with van der Waals surface area (Å²) in [4.78, 5) is 33.1. The Morgan fingerprint density at radius 3 is 2.71 bits per heavy atom. The lowest BCUT2D eigenvalue weighted by Crippen LogP contribution is -2.32. The van der Waals surface area contributed by atoms with Crippen LogP contribution >= 0.6 is 0 Å². The second-order valence-corrected chi connectivity index (χ2v) is 7.44. The van der Waals surface area contributed by atoms with Crippen molar-refractivity contribution >= 4 is 22.8 Å². The zero-order valence-electron chi connectivity index (χ0n) is 17.8. The molecule has 4 rings (SSSR count). The van der Waals surface area contributed by atoms with Crippen molar-refractivity contribution < 1.29 is 9.53 Å². The van der Waals surface area contributed by atoms with Crippen molar-refractivity contribution in [3.8, 4) is 17.6 Å². The van der Waals surface area contributed by atoms with Crippen LogP contribution in [-0.2, 0) is 13.1 Å². The molecule has 1 aromatic carbocycles. The Morgan fingerprint density at radius 1 is 1.19 bits per heavy atom. The Kier molecular flexibility index (Phi) is 6.03. The lowest BCUT2D eigenvalue weighted by atomic mass is 10.1. The highest BCUT2D eigenvalue weighted by Gasteiger charge is 2.22. The molecule has 1 saturated heterocycles. The minimum absolute atomic E-state index is 0.182. The molecule has 0 amide bonds. The lowest BCUT2D eigenvalue weighted by Gasteiger charge is -2.27. The van der Waals surface area contributed by atoms with Crippen LogP contribution in [-0.4, -0.2) is 45.3 Å². The predicted octanol–water partition coefficient (Wildman–Crippen LogP) is 2.50. The SMILES string of the molecule is CC#CCn1c(N2CCCCC2)nc2cnn(CC(=O)c3ccccc3OC)c(=O)c21. The number of hydrogen-bond acceptors (Lipinski definition) is 6. The summed E-state index contributed by atoms with van der Waals surface area (Å²) in [7, 11) is 1.51. The number of rotatable bonds is 6. The van der Waals surface area contributed by atoms with Gasteiger partial charge in [0.25, 0.3) is 5.56 Å². The van der Waals surface area contributed by atoms with Gasteiger partial charge in [-0.2, -0.15) is 5.10 Å². The number of hydrogen-bond donors (Lipinski definition) is 0. The molecular weight excluding hydrogens is 394 g/mol. The number of fused-ring (bicyclic) bond motifs is 1. The Bertz CT molecular complexity index is 1230. The van der Waals surface area contributed by atoms with Gasteiger partial charge in [0, 0.05) is 13.1 Å². The Hall–Kier alpha value is -3.60. The van der Waals surface area contributed by atoms with Crippen molar-refractivity contribution in [3.63, 3.8) is 0 Å². The molecule has 160 valence electrons. The molecule has 0 bridgehead atoms. The van der Waals surface area contributed by atoms with E-state index >= 15 is 0 Å². The van der Waals surface area contributed by atoms with E-state index in [2.05, 4.69) is 21.8 Å². The van der Waals surface area contributed by atoms with Gasteiger partial charge in [-0.3, -0.25) is 14.2 Å². The maximum Gasteiger partial charge on any atom is 0.293 e. The van der Waals surface area contributed by atoms with Crippen molar-refractivity contribution in [3.05, 3.63) is 46.4 Å². The first-order chi connectivity index (χ1) is 15.1. The summed E-state index contributed by atoms with van der Waals surface area (Å²) >= 11 is 0. The van der Waals surface area contributed by atoms with Crippen LogP contribution in [0.5, 0.6) is 5.75 Å². The Labute approximate surface area is 180 Å². The van der Waals surface area contributed by atoms with Crippen molar-refractivity contribution in [2.45, 2.75) is 39.3 Å². The average Bonchev–Trinajstić information content (AvgIpc) is 3.19. The number of carbonyl (C=O) groups excluding carboxylic acids is 1. The minimum atomic E-state index is -0.352. The zero-order chi connectivity index (χ0) is 21.8. The van der Waals surface area contributed by atoms with Gasteiger partial charge in [-0.15, -0.1) is 5.92 Å². The quantitative estimate of drug-likeness (QED) is 0.451. The minimum Gasteiger partial charge on any atom is -0.496 e. The van der Waals surface area contributed by atoms with Crippen LogP contribution in [0.15, 0.2) is 35.3 Å². The summed E-state index contributed by atoms with van der Waals surface area (Å²) in [6, 6.07) is 6.95. The summed E-state index contributed by atoms with van der Waals surface area (Å²) in [6.07, 6.45) is 4.94. The number of nitrogens with zero attached hydrogens (tertiary/aromatic N) is 5. The average molecular weight is 419 g/mol. The maximum absolute atomic E-state index is 13.3. The molecule has 3 aromatic rings. The number of Topliss-reactive ketones (excluding diaryl/α,β-unsaturated/α-hetero) is 1. The Morgan fingerprint density at radius 2 is 1.97 bits per heavy atom. The van der Waals surface area contributed by atoms with Gasteiger partial charge >= 0.3 is 0 Å². The van der Waals surface area contributed by atoms with E-state index in [-0.39, 0.29) is 17.9 Å². The standard InChI is InChI=1S/C23H25N5O3/c1-3-4-14-27-21-18(25-23(27)26-12-8-5-9-13-26)15-24-28(22(21)30)16-19(29)17-10-6-7-11-20(17)31-2/h6-7,10-11,15H,5,8-9,12-14,16H2,1-2H3. The number of methoxy groups -OCH3 is 1. The van der Waals surface area contributed by atoms with Crippen LogP contribution in [0.2, 0.25) is 0 Å². The molecule has 0 saturated carbocycles. The van der Waals surface area contributed by atoms with Crippen LogP contribution in [0.4, 0.5) is 5.95 Å². The third kappa shape index (κ3) is 4.04.